The van der Waals surface area contributed by atoms with E-state index in [0.29, 0.717) is 35.9 Å². The van der Waals surface area contributed by atoms with Crippen LogP contribution in [0.2, 0.25) is 0 Å². The molecule has 0 bridgehead atoms. The van der Waals surface area contributed by atoms with Crippen LogP contribution in [-0.4, -0.2) is 36.2 Å². The number of nitrogens with zero attached hydrogens (tertiary/aromatic N) is 1. The molecule has 0 radical (unpaired) electrons. The van der Waals surface area contributed by atoms with Gasteiger partial charge in [0.25, 0.3) is 0 Å². The van der Waals surface area contributed by atoms with Crippen LogP contribution in [-0.2, 0) is 9.59 Å². The number of halogens is 1. The zero-order chi connectivity index (χ0) is 20.3. The minimum absolute atomic E-state index is 0.107. The van der Waals surface area contributed by atoms with E-state index in [0.717, 1.165) is 42.5 Å². The Bertz CT molecular complexity index is 715. The number of amides is 1. The van der Waals surface area contributed by atoms with E-state index in [1.807, 2.05) is 4.90 Å². The summed E-state index contributed by atoms with van der Waals surface area (Å²) in [7, 11) is 0. The monoisotopic (exact) mass is 498 g/mol. The molecule has 0 spiro atoms. The van der Waals surface area contributed by atoms with Gasteiger partial charge in [-0.1, -0.05) is 13.8 Å². The van der Waals surface area contributed by atoms with Crippen LogP contribution in [0.5, 0.6) is 0 Å². The molecule has 1 saturated heterocycles. The second-order valence-electron chi connectivity index (χ2n) is 9.97. The molecule has 3 fully saturated rings. The maximum absolute atomic E-state index is 13.3. The molecule has 5 heteroatoms. The first kappa shape index (κ1) is 20.7. The minimum Gasteiger partial charge on any atom is -0.387 e. The highest BCUT2D eigenvalue weighted by molar-refractivity contribution is 14.1. The van der Waals surface area contributed by atoms with Crippen molar-refractivity contribution in [3.63, 3.8) is 0 Å². The SMILES string of the molecule is CCN(CC)C(=O)[C@H]1CC[C@H]2[C@@H]3CNC4=C(I)C(=O)CC[C@]4(C)[C@H]3CC[C@]12C. The number of ketones is 1. The Morgan fingerprint density at radius 1 is 1.14 bits per heavy atom. The molecule has 1 heterocycles. The summed E-state index contributed by atoms with van der Waals surface area (Å²) in [5.41, 5.74) is 1.47. The first-order chi connectivity index (χ1) is 13.3. The summed E-state index contributed by atoms with van der Waals surface area (Å²) in [6.07, 6.45) is 6.25. The number of carbonyl (C=O) groups excluding carboxylic acids is 2. The van der Waals surface area contributed by atoms with Gasteiger partial charge in [0, 0.05) is 43.1 Å². The van der Waals surface area contributed by atoms with Gasteiger partial charge in [-0.3, -0.25) is 9.59 Å². The van der Waals surface area contributed by atoms with Crippen molar-refractivity contribution in [2.75, 3.05) is 19.6 Å². The van der Waals surface area contributed by atoms with Crippen LogP contribution >= 0.6 is 22.6 Å². The van der Waals surface area contributed by atoms with Crippen molar-refractivity contribution in [2.45, 2.75) is 66.2 Å². The lowest BCUT2D eigenvalue weighted by Crippen LogP contribution is -2.57. The lowest BCUT2D eigenvalue weighted by atomic mass is 9.50. The van der Waals surface area contributed by atoms with E-state index in [2.05, 4.69) is 55.6 Å². The number of allylic oxidation sites excluding steroid dienone is 2. The summed E-state index contributed by atoms with van der Waals surface area (Å²) >= 11 is 2.27. The molecule has 4 rings (SSSR count). The number of Topliss-reactive ketones (excluding diaryl/α,β-unsaturated/α-hetero) is 1. The van der Waals surface area contributed by atoms with Crippen LogP contribution in [0.25, 0.3) is 0 Å². The molecule has 0 aromatic rings. The number of piperidine rings is 1. The number of rotatable bonds is 3. The standard InChI is InChI=1S/C23H35IN2O2/c1-5-26(6-2)21(28)17-8-7-15-14-13-25-20-19(24)18(27)10-12-23(20,4)16(14)9-11-22(15,17)3/h14-17,25H,5-13H2,1-4H3/t14-,15-,16-,17+,22-,23+/m0/s1. The molecule has 3 aliphatic carbocycles. The molecule has 1 amide bonds. The van der Waals surface area contributed by atoms with E-state index in [9.17, 15) is 9.59 Å². The fourth-order valence-corrected chi connectivity index (χ4v) is 8.47. The second kappa shape index (κ2) is 7.28. The summed E-state index contributed by atoms with van der Waals surface area (Å²) in [6, 6.07) is 0. The quantitative estimate of drug-likeness (QED) is 0.582. The Morgan fingerprint density at radius 3 is 2.54 bits per heavy atom. The highest BCUT2D eigenvalue weighted by atomic mass is 127. The van der Waals surface area contributed by atoms with Crippen molar-refractivity contribution in [1.82, 2.24) is 10.2 Å². The fraction of sp³-hybridized carbons (Fsp3) is 0.826. The molecule has 2 saturated carbocycles. The molecular weight excluding hydrogens is 463 g/mol. The first-order valence-electron chi connectivity index (χ1n) is 11.2. The van der Waals surface area contributed by atoms with Gasteiger partial charge in [-0.2, -0.15) is 0 Å². The summed E-state index contributed by atoms with van der Waals surface area (Å²) in [6.45, 7) is 11.6. The molecule has 0 unspecified atom stereocenters. The summed E-state index contributed by atoms with van der Waals surface area (Å²) < 4.78 is 0.944. The molecule has 156 valence electrons. The van der Waals surface area contributed by atoms with Crippen LogP contribution in [0.3, 0.4) is 0 Å². The number of fused-ring (bicyclic) bond motifs is 5. The van der Waals surface area contributed by atoms with Crippen molar-refractivity contribution >= 4 is 34.3 Å². The smallest absolute Gasteiger partial charge is 0.226 e. The van der Waals surface area contributed by atoms with Gasteiger partial charge in [0.05, 0.1) is 3.58 Å². The van der Waals surface area contributed by atoms with Crippen molar-refractivity contribution < 1.29 is 9.59 Å². The minimum atomic E-state index is 0.107. The van der Waals surface area contributed by atoms with Gasteiger partial charge in [0.15, 0.2) is 5.78 Å². The van der Waals surface area contributed by atoms with Gasteiger partial charge in [-0.25, -0.2) is 0 Å². The molecule has 4 nitrogen and oxygen atoms in total. The van der Waals surface area contributed by atoms with Gasteiger partial charge >= 0.3 is 0 Å². The lowest BCUT2D eigenvalue weighted by molar-refractivity contribution is -0.142. The first-order valence-corrected chi connectivity index (χ1v) is 12.3. The van der Waals surface area contributed by atoms with Crippen molar-refractivity contribution in [2.24, 2.45) is 34.5 Å². The number of nitrogens with one attached hydrogen (secondary N) is 1. The van der Waals surface area contributed by atoms with Gasteiger partial charge < -0.3 is 10.2 Å². The molecule has 0 aromatic heterocycles. The van der Waals surface area contributed by atoms with E-state index >= 15 is 0 Å². The van der Waals surface area contributed by atoms with Gasteiger partial charge in [-0.15, -0.1) is 0 Å². The third-order valence-corrected chi connectivity index (χ3v) is 10.2. The Hall–Kier alpha value is -0.590. The number of hydrogen-bond donors (Lipinski definition) is 1. The van der Waals surface area contributed by atoms with Crippen molar-refractivity contribution in [3.05, 3.63) is 9.28 Å². The normalized spacial score (nSPS) is 42.4. The molecule has 6 atom stereocenters. The molecule has 28 heavy (non-hydrogen) atoms. The Labute approximate surface area is 183 Å². The predicted octanol–water partition coefficient (Wildman–Crippen LogP) is 4.53. The van der Waals surface area contributed by atoms with Crippen LogP contribution in [0.4, 0.5) is 0 Å². The van der Waals surface area contributed by atoms with Crippen LogP contribution in [0.15, 0.2) is 9.28 Å². The summed E-state index contributed by atoms with van der Waals surface area (Å²) in [4.78, 5) is 27.6. The van der Waals surface area contributed by atoms with Crippen LogP contribution < -0.4 is 5.32 Å². The highest BCUT2D eigenvalue weighted by Crippen LogP contribution is 2.64. The largest absolute Gasteiger partial charge is 0.387 e. The Morgan fingerprint density at radius 2 is 1.86 bits per heavy atom. The third-order valence-electron chi connectivity index (χ3n) is 9.05. The lowest BCUT2D eigenvalue weighted by Gasteiger charge is -2.58. The van der Waals surface area contributed by atoms with Gasteiger partial charge in [0.2, 0.25) is 5.91 Å². The average Bonchev–Trinajstić information content (AvgIpc) is 3.03. The number of carbonyl (C=O) groups is 2. The topological polar surface area (TPSA) is 49.4 Å². The zero-order valence-corrected chi connectivity index (χ0v) is 20.0. The molecule has 1 N–H and O–H groups in total. The predicted molar refractivity (Wildman–Crippen MR) is 120 cm³/mol. The fourth-order valence-electron chi connectivity index (χ4n) is 7.39. The zero-order valence-electron chi connectivity index (χ0n) is 17.8. The van der Waals surface area contributed by atoms with Crippen molar-refractivity contribution in [1.29, 1.82) is 0 Å². The second-order valence-corrected chi connectivity index (χ2v) is 11.1. The maximum Gasteiger partial charge on any atom is 0.226 e. The van der Waals surface area contributed by atoms with E-state index in [1.165, 1.54) is 18.5 Å². The van der Waals surface area contributed by atoms with Crippen molar-refractivity contribution in [3.8, 4) is 0 Å². The molecule has 0 aromatic carbocycles. The Balaban J connectivity index is 1.62. The van der Waals surface area contributed by atoms with Crippen LogP contribution in [0, 0.1) is 34.5 Å². The van der Waals surface area contributed by atoms with E-state index < -0.39 is 0 Å². The molecule has 4 aliphatic rings. The van der Waals surface area contributed by atoms with E-state index in [-0.39, 0.29) is 16.7 Å². The third kappa shape index (κ3) is 2.81. The highest BCUT2D eigenvalue weighted by Gasteiger charge is 2.61. The molecular formula is C23H35IN2O2. The van der Waals surface area contributed by atoms with Gasteiger partial charge in [-0.05, 0) is 91.7 Å². The van der Waals surface area contributed by atoms with Gasteiger partial charge in [0.1, 0.15) is 0 Å². The summed E-state index contributed by atoms with van der Waals surface area (Å²) in [5.74, 6) is 2.78. The average molecular weight is 498 g/mol. The Kier molecular flexibility index (Phi) is 5.37. The van der Waals surface area contributed by atoms with Crippen LogP contribution in [0.1, 0.15) is 66.2 Å². The van der Waals surface area contributed by atoms with E-state index in [4.69, 9.17) is 0 Å². The molecule has 1 aliphatic heterocycles. The van der Waals surface area contributed by atoms with E-state index in [1.54, 1.807) is 0 Å². The summed E-state index contributed by atoms with van der Waals surface area (Å²) in [5, 5.41) is 3.72. The number of hydrogen-bond acceptors (Lipinski definition) is 3. The maximum atomic E-state index is 13.3.